The number of fused-ring (bicyclic) bond motifs is 2. The van der Waals surface area contributed by atoms with Crippen molar-refractivity contribution in [2.75, 3.05) is 13.6 Å². The van der Waals surface area contributed by atoms with Crippen LogP contribution in [0.2, 0.25) is 0 Å². The van der Waals surface area contributed by atoms with E-state index < -0.39 is 6.09 Å². The van der Waals surface area contributed by atoms with Gasteiger partial charge in [0.05, 0.1) is 23.7 Å². The van der Waals surface area contributed by atoms with Gasteiger partial charge in [-0.15, -0.1) is 0 Å². The molecule has 2 rings (SSSR count). The molecule has 2 aliphatic rings. The molecule has 2 aliphatic heterocycles. The van der Waals surface area contributed by atoms with Gasteiger partial charge in [-0.2, -0.15) is 5.26 Å². The summed E-state index contributed by atoms with van der Waals surface area (Å²) in [6, 6.07) is 2.51. The summed E-state index contributed by atoms with van der Waals surface area (Å²) < 4.78 is 0. The van der Waals surface area contributed by atoms with Crippen LogP contribution in [0.3, 0.4) is 0 Å². The monoisotopic (exact) mass is 262 g/mol. The van der Waals surface area contributed by atoms with E-state index >= 15 is 0 Å². The highest BCUT2D eigenvalue weighted by Gasteiger charge is 2.42. The highest BCUT2D eigenvalue weighted by atomic mass is 16.7. The molecule has 0 aromatic heterocycles. The topological polar surface area (TPSA) is 77.7 Å². The molecule has 2 bridgehead atoms. The third-order valence-corrected chi connectivity index (χ3v) is 3.58. The minimum absolute atomic E-state index is 0.0205. The Bertz CT molecular complexity index is 452. The van der Waals surface area contributed by atoms with E-state index in [0.29, 0.717) is 12.3 Å². The number of carbonyl (C=O) groups excluding carboxylic acids is 1. The largest absolute Gasteiger partial charge is 0.433 e. The van der Waals surface area contributed by atoms with Gasteiger partial charge in [0.2, 0.25) is 0 Å². The van der Waals surface area contributed by atoms with Gasteiger partial charge in [0.1, 0.15) is 0 Å². The van der Waals surface area contributed by atoms with Gasteiger partial charge in [0, 0.05) is 12.6 Å². The predicted molar refractivity (Wildman–Crippen MR) is 70.4 cm³/mol. The maximum absolute atomic E-state index is 11.3. The predicted octanol–water partition coefficient (Wildman–Crippen LogP) is 1.26. The van der Waals surface area contributed by atoms with Gasteiger partial charge in [-0.05, 0) is 26.0 Å². The summed E-state index contributed by atoms with van der Waals surface area (Å²) in [6.45, 7) is 2.53. The van der Waals surface area contributed by atoms with Crippen molar-refractivity contribution in [3.63, 3.8) is 0 Å². The number of hydrogen-bond acceptors (Lipinski definition) is 5. The van der Waals surface area contributed by atoms with Crippen molar-refractivity contribution in [3.8, 4) is 6.07 Å². The number of carbonyl (C=O) groups is 1. The van der Waals surface area contributed by atoms with Gasteiger partial charge in [0.25, 0.3) is 0 Å². The van der Waals surface area contributed by atoms with Gasteiger partial charge in [-0.1, -0.05) is 18.2 Å². The second-order valence-corrected chi connectivity index (χ2v) is 4.82. The molecule has 1 N–H and O–H groups in total. The molecule has 0 aromatic rings. The first-order valence-corrected chi connectivity index (χ1v) is 6.49. The van der Waals surface area contributed by atoms with E-state index in [1.807, 2.05) is 26.1 Å². The minimum atomic E-state index is -0.539. The normalized spacial score (nSPS) is 31.2. The quantitative estimate of drug-likeness (QED) is 0.613. The number of nitrogens with one attached hydrogen (secondary N) is 1. The molecule has 1 amide bonds. The van der Waals surface area contributed by atoms with Crippen molar-refractivity contribution < 1.29 is 9.63 Å². The Morgan fingerprint density at radius 1 is 1.74 bits per heavy atom. The lowest BCUT2D eigenvalue weighted by Crippen LogP contribution is -2.40. The Hall–Kier alpha value is -1.87. The first-order valence-electron chi connectivity index (χ1n) is 6.49. The lowest BCUT2D eigenvalue weighted by Gasteiger charge is -2.27. The lowest BCUT2D eigenvalue weighted by molar-refractivity contribution is 0.149. The fourth-order valence-electron chi connectivity index (χ4n) is 2.52. The molecule has 0 aliphatic carbocycles. The van der Waals surface area contributed by atoms with Crippen LogP contribution in [0.4, 0.5) is 4.79 Å². The van der Waals surface area contributed by atoms with Crippen LogP contribution in [-0.4, -0.2) is 42.4 Å². The third kappa shape index (κ3) is 2.76. The molecule has 0 spiro atoms. The Labute approximate surface area is 112 Å². The maximum atomic E-state index is 11.3. The zero-order chi connectivity index (χ0) is 13.8. The number of oxime groups is 1. The summed E-state index contributed by atoms with van der Waals surface area (Å²) in [5, 5.41) is 15.6. The number of amides is 1. The van der Waals surface area contributed by atoms with Crippen molar-refractivity contribution in [3.05, 3.63) is 12.2 Å². The number of likely N-dealkylation sites (N-methyl/N-ethyl adjacent to an activating group) is 1. The van der Waals surface area contributed by atoms with Gasteiger partial charge >= 0.3 is 6.09 Å². The van der Waals surface area contributed by atoms with Crippen LogP contribution in [0.15, 0.2) is 17.3 Å². The molecule has 6 nitrogen and oxygen atoms in total. The van der Waals surface area contributed by atoms with Gasteiger partial charge in [0.15, 0.2) is 0 Å². The van der Waals surface area contributed by atoms with Gasteiger partial charge < -0.3 is 5.32 Å². The van der Waals surface area contributed by atoms with Crippen LogP contribution in [-0.2, 0) is 4.84 Å². The molecular formula is C13H18N4O2. The van der Waals surface area contributed by atoms with Gasteiger partial charge in [-0.3, -0.25) is 9.74 Å². The molecular weight excluding hydrogens is 244 g/mol. The minimum Gasteiger partial charge on any atom is -0.320 e. The third-order valence-electron chi connectivity index (χ3n) is 3.58. The smallest absolute Gasteiger partial charge is 0.320 e. The summed E-state index contributed by atoms with van der Waals surface area (Å²) in [5.74, 6) is -0.0205. The Balaban J connectivity index is 2.00. The van der Waals surface area contributed by atoms with E-state index in [9.17, 15) is 4.79 Å². The standard InChI is InChI=1S/C13H18N4O2/c1-3-6-15-13(18)19-16-10-4-5-11-9(8-14)7-12(10)17(11)2/h4-5,9,11-12H,3,6-7H2,1-2H3,(H,15,18)/b16-10+. The molecule has 2 heterocycles. The van der Waals surface area contributed by atoms with Crippen molar-refractivity contribution >= 4 is 11.8 Å². The number of nitrogens with zero attached hydrogens (tertiary/aromatic N) is 3. The lowest BCUT2D eigenvalue weighted by atomic mass is 10.0. The van der Waals surface area contributed by atoms with Crippen LogP contribution in [0.5, 0.6) is 0 Å². The summed E-state index contributed by atoms with van der Waals surface area (Å²) in [5.41, 5.74) is 0.697. The average Bonchev–Trinajstić information content (AvgIpc) is 2.62. The van der Waals surface area contributed by atoms with Crippen molar-refractivity contribution in [2.45, 2.75) is 31.8 Å². The van der Waals surface area contributed by atoms with Crippen LogP contribution in [0, 0.1) is 17.2 Å². The second-order valence-electron chi connectivity index (χ2n) is 4.82. The molecule has 1 saturated heterocycles. The van der Waals surface area contributed by atoms with Gasteiger partial charge in [-0.25, -0.2) is 4.79 Å². The van der Waals surface area contributed by atoms with Crippen LogP contribution in [0.25, 0.3) is 0 Å². The van der Waals surface area contributed by atoms with E-state index in [1.54, 1.807) is 0 Å². The van der Waals surface area contributed by atoms with E-state index in [1.165, 1.54) is 0 Å². The summed E-state index contributed by atoms with van der Waals surface area (Å²) >= 11 is 0. The molecule has 6 heteroatoms. The number of nitriles is 1. The van der Waals surface area contributed by atoms with Crippen molar-refractivity contribution in [1.82, 2.24) is 10.2 Å². The SMILES string of the molecule is CCCNC(=O)O/N=C1\C=CC2C(C#N)CC1N2C. The summed E-state index contributed by atoms with van der Waals surface area (Å²) in [4.78, 5) is 18.2. The van der Waals surface area contributed by atoms with E-state index in [2.05, 4.69) is 21.4 Å². The molecule has 0 radical (unpaired) electrons. The highest BCUT2D eigenvalue weighted by Crippen LogP contribution is 2.33. The second kappa shape index (κ2) is 5.85. The Morgan fingerprint density at radius 3 is 3.21 bits per heavy atom. The molecule has 0 aromatic carbocycles. The van der Waals surface area contributed by atoms with Crippen LogP contribution >= 0.6 is 0 Å². The van der Waals surface area contributed by atoms with Crippen LogP contribution in [0.1, 0.15) is 19.8 Å². The molecule has 0 saturated carbocycles. The first kappa shape index (κ1) is 13.6. The van der Waals surface area contributed by atoms with E-state index in [4.69, 9.17) is 10.1 Å². The summed E-state index contributed by atoms with van der Waals surface area (Å²) in [6.07, 6.45) is 4.83. The van der Waals surface area contributed by atoms with Crippen molar-refractivity contribution in [1.29, 1.82) is 5.26 Å². The fourth-order valence-corrected chi connectivity index (χ4v) is 2.52. The van der Waals surface area contributed by atoms with Crippen LogP contribution < -0.4 is 5.32 Å². The zero-order valence-corrected chi connectivity index (χ0v) is 11.2. The molecule has 19 heavy (non-hydrogen) atoms. The van der Waals surface area contributed by atoms with E-state index in [-0.39, 0.29) is 18.0 Å². The first-order chi connectivity index (χ1) is 9.17. The Kier molecular flexibility index (Phi) is 4.17. The average molecular weight is 262 g/mol. The maximum Gasteiger partial charge on any atom is 0.433 e. The number of hydrogen-bond donors (Lipinski definition) is 1. The zero-order valence-electron chi connectivity index (χ0n) is 11.2. The summed E-state index contributed by atoms with van der Waals surface area (Å²) in [7, 11) is 1.96. The van der Waals surface area contributed by atoms with Crippen molar-refractivity contribution in [2.24, 2.45) is 11.1 Å². The molecule has 102 valence electrons. The fraction of sp³-hybridized carbons (Fsp3) is 0.615. The molecule has 3 atom stereocenters. The Morgan fingerprint density at radius 2 is 2.53 bits per heavy atom. The highest BCUT2D eigenvalue weighted by molar-refractivity contribution is 6.00. The number of rotatable bonds is 3. The molecule has 3 unspecified atom stereocenters. The molecule has 1 fully saturated rings. The van der Waals surface area contributed by atoms with E-state index in [0.717, 1.165) is 12.8 Å².